The van der Waals surface area contributed by atoms with E-state index in [1.807, 2.05) is 26.1 Å². The van der Waals surface area contributed by atoms with Crippen LogP contribution in [0.5, 0.6) is 0 Å². The van der Waals surface area contributed by atoms with Crippen LogP contribution in [0, 0.1) is 6.92 Å². The van der Waals surface area contributed by atoms with Gasteiger partial charge in [-0.25, -0.2) is 4.79 Å². The highest BCUT2D eigenvalue weighted by Crippen LogP contribution is 2.22. The first-order chi connectivity index (χ1) is 6.72. The number of fused-ring (bicyclic) bond motifs is 1. The van der Waals surface area contributed by atoms with Crippen molar-refractivity contribution < 1.29 is 4.79 Å². The van der Waals surface area contributed by atoms with Gasteiger partial charge in [0, 0.05) is 12.4 Å². The van der Waals surface area contributed by atoms with Gasteiger partial charge in [0.2, 0.25) is 6.08 Å². The van der Waals surface area contributed by atoms with Crippen molar-refractivity contribution in [2.45, 2.75) is 6.92 Å². The quantitative estimate of drug-likeness (QED) is 0.505. The van der Waals surface area contributed by atoms with Crippen LogP contribution < -0.4 is 0 Å². The summed E-state index contributed by atoms with van der Waals surface area (Å²) in [6.45, 7) is 1.95. The number of rotatable bonds is 1. The van der Waals surface area contributed by atoms with Crippen molar-refractivity contribution in [2.24, 2.45) is 12.0 Å². The lowest BCUT2D eigenvalue weighted by atomic mass is 10.2. The first kappa shape index (κ1) is 8.66. The molecular formula is C10H9N3O. The lowest BCUT2D eigenvalue weighted by molar-refractivity contribution is 0.565. The largest absolute Gasteiger partial charge is 0.268 e. The van der Waals surface area contributed by atoms with E-state index in [9.17, 15) is 4.79 Å². The summed E-state index contributed by atoms with van der Waals surface area (Å²) in [6.07, 6.45) is 1.52. The van der Waals surface area contributed by atoms with Crippen molar-refractivity contribution in [3.8, 4) is 0 Å². The SMILES string of the molecule is Cc1nn(C)c2cc(N=C=O)ccc12. The van der Waals surface area contributed by atoms with Crippen molar-refractivity contribution in [1.29, 1.82) is 0 Å². The number of aryl methyl sites for hydroxylation is 2. The van der Waals surface area contributed by atoms with E-state index in [1.165, 1.54) is 6.08 Å². The maximum atomic E-state index is 10.1. The second kappa shape index (κ2) is 3.09. The van der Waals surface area contributed by atoms with Crippen LogP contribution in [0.25, 0.3) is 10.9 Å². The molecule has 1 aromatic carbocycles. The molecule has 0 saturated heterocycles. The number of benzene rings is 1. The molecular weight excluding hydrogens is 178 g/mol. The van der Waals surface area contributed by atoms with E-state index in [0.717, 1.165) is 16.6 Å². The summed E-state index contributed by atoms with van der Waals surface area (Å²) in [5.41, 5.74) is 2.55. The van der Waals surface area contributed by atoms with E-state index in [0.29, 0.717) is 5.69 Å². The van der Waals surface area contributed by atoms with Gasteiger partial charge in [0.15, 0.2) is 0 Å². The third-order valence-corrected chi connectivity index (χ3v) is 2.19. The Balaban J connectivity index is 2.76. The third-order valence-electron chi connectivity index (χ3n) is 2.19. The summed E-state index contributed by atoms with van der Waals surface area (Å²) in [7, 11) is 1.86. The predicted molar refractivity (Wildman–Crippen MR) is 53.2 cm³/mol. The van der Waals surface area contributed by atoms with Crippen LogP contribution in [-0.4, -0.2) is 15.9 Å². The molecule has 0 N–H and O–H groups in total. The zero-order chi connectivity index (χ0) is 10.1. The third kappa shape index (κ3) is 1.22. The Morgan fingerprint density at radius 3 is 3.00 bits per heavy atom. The molecule has 14 heavy (non-hydrogen) atoms. The van der Waals surface area contributed by atoms with E-state index in [2.05, 4.69) is 10.1 Å². The Morgan fingerprint density at radius 1 is 1.50 bits per heavy atom. The Kier molecular flexibility index (Phi) is 1.91. The topological polar surface area (TPSA) is 47.2 Å². The Bertz CT molecular complexity index is 536. The van der Waals surface area contributed by atoms with Crippen LogP contribution in [-0.2, 0) is 11.8 Å². The number of hydrogen-bond donors (Lipinski definition) is 0. The molecule has 0 amide bonds. The average molecular weight is 187 g/mol. The standard InChI is InChI=1S/C10H9N3O/c1-7-9-4-3-8(11-6-14)5-10(9)13(2)12-7/h3-5H,1-2H3. The van der Waals surface area contributed by atoms with Gasteiger partial charge in [0.25, 0.3) is 0 Å². The minimum Gasteiger partial charge on any atom is -0.268 e. The Labute approximate surface area is 80.9 Å². The van der Waals surface area contributed by atoms with Crippen LogP contribution in [0.2, 0.25) is 0 Å². The summed E-state index contributed by atoms with van der Waals surface area (Å²) in [6, 6.07) is 5.51. The fourth-order valence-electron chi connectivity index (χ4n) is 1.55. The van der Waals surface area contributed by atoms with Gasteiger partial charge < -0.3 is 0 Å². The highest BCUT2D eigenvalue weighted by molar-refractivity contribution is 5.84. The van der Waals surface area contributed by atoms with Crippen LogP contribution in [0.1, 0.15) is 5.69 Å². The fourth-order valence-corrected chi connectivity index (χ4v) is 1.55. The zero-order valence-electron chi connectivity index (χ0n) is 7.98. The second-order valence-corrected chi connectivity index (χ2v) is 3.11. The van der Waals surface area contributed by atoms with E-state index >= 15 is 0 Å². The molecule has 1 heterocycles. The van der Waals surface area contributed by atoms with Gasteiger partial charge in [-0.05, 0) is 25.1 Å². The van der Waals surface area contributed by atoms with E-state index < -0.39 is 0 Å². The summed E-state index contributed by atoms with van der Waals surface area (Å²) in [4.78, 5) is 13.6. The van der Waals surface area contributed by atoms with Gasteiger partial charge in [0.1, 0.15) is 0 Å². The van der Waals surface area contributed by atoms with Crippen molar-refractivity contribution >= 4 is 22.7 Å². The zero-order valence-corrected chi connectivity index (χ0v) is 7.98. The molecule has 2 rings (SSSR count). The number of carbonyl (C=O) groups excluding carboxylic acids is 1. The lowest BCUT2D eigenvalue weighted by Gasteiger charge is -1.94. The molecule has 0 unspecified atom stereocenters. The maximum Gasteiger partial charge on any atom is 0.240 e. The van der Waals surface area contributed by atoms with Gasteiger partial charge in [0.05, 0.1) is 16.9 Å². The van der Waals surface area contributed by atoms with Crippen molar-refractivity contribution in [3.63, 3.8) is 0 Å². The Hall–Kier alpha value is -1.93. The maximum absolute atomic E-state index is 10.1. The van der Waals surface area contributed by atoms with Crippen LogP contribution in [0.4, 0.5) is 5.69 Å². The molecule has 0 aliphatic heterocycles. The van der Waals surface area contributed by atoms with E-state index in [-0.39, 0.29) is 0 Å². The highest BCUT2D eigenvalue weighted by atomic mass is 16.1. The summed E-state index contributed by atoms with van der Waals surface area (Å²) in [5.74, 6) is 0. The number of hydrogen-bond acceptors (Lipinski definition) is 3. The lowest BCUT2D eigenvalue weighted by Crippen LogP contribution is -1.88. The van der Waals surface area contributed by atoms with E-state index in [1.54, 1.807) is 10.7 Å². The molecule has 0 saturated carbocycles. The predicted octanol–water partition coefficient (Wildman–Crippen LogP) is 1.85. The highest BCUT2D eigenvalue weighted by Gasteiger charge is 2.04. The molecule has 0 bridgehead atoms. The summed E-state index contributed by atoms with van der Waals surface area (Å²) < 4.78 is 1.77. The summed E-state index contributed by atoms with van der Waals surface area (Å²) in [5, 5.41) is 5.35. The fraction of sp³-hybridized carbons (Fsp3) is 0.200. The average Bonchev–Trinajstić information content (AvgIpc) is 2.43. The number of aliphatic imine (C=N–C) groups is 1. The minimum absolute atomic E-state index is 0.607. The smallest absolute Gasteiger partial charge is 0.240 e. The molecule has 0 radical (unpaired) electrons. The summed E-state index contributed by atoms with van der Waals surface area (Å²) >= 11 is 0. The molecule has 4 nitrogen and oxygen atoms in total. The van der Waals surface area contributed by atoms with Crippen LogP contribution >= 0.6 is 0 Å². The number of isocyanates is 1. The molecule has 1 aromatic heterocycles. The molecule has 0 fully saturated rings. The Morgan fingerprint density at radius 2 is 2.29 bits per heavy atom. The van der Waals surface area contributed by atoms with Crippen LogP contribution in [0.15, 0.2) is 23.2 Å². The first-order valence-corrected chi connectivity index (χ1v) is 4.23. The van der Waals surface area contributed by atoms with Crippen molar-refractivity contribution in [3.05, 3.63) is 23.9 Å². The number of nitrogens with zero attached hydrogens (tertiary/aromatic N) is 3. The van der Waals surface area contributed by atoms with Crippen LogP contribution in [0.3, 0.4) is 0 Å². The van der Waals surface area contributed by atoms with Crippen molar-refractivity contribution in [2.75, 3.05) is 0 Å². The van der Waals surface area contributed by atoms with Crippen molar-refractivity contribution in [1.82, 2.24) is 9.78 Å². The molecule has 4 heteroatoms. The molecule has 0 spiro atoms. The molecule has 70 valence electrons. The van der Waals surface area contributed by atoms with Gasteiger partial charge in [-0.2, -0.15) is 10.1 Å². The molecule has 2 aromatic rings. The van der Waals surface area contributed by atoms with E-state index in [4.69, 9.17) is 0 Å². The second-order valence-electron chi connectivity index (χ2n) is 3.11. The minimum atomic E-state index is 0.607. The number of aromatic nitrogens is 2. The van der Waals surface area contributed by atoms with Gasteiger partial charge in [-0.3, -0.25) is 4.68 Å². The van der Waals surface area contributed by atoms with Gasteiger partial charge in [-0.15, -0.1) is 0 Å². The normalized spacial score (nSPS) is 10.1. The molecule has 0 aliphatic carbocycles. The monoisotopic (exact) mass is 187 g/mol. The molecule has 0 aliphatic rings. The molecule has 0 atom stereocenters. The van der Waals surface area contributed by atoms with Gasteiger partial charge in [-0.1, -0.05) is 0 Å². The van der Waals surface area contributed by atoms with Gasteiger partial charge >= 0.3 is 0 Å². The first-order valence-electron chi connectivity index (χ1n) is 4.23.